The summed E-state index contributed by atoms with van der Waals surface area (Å²) in [6, 6.07) is 8.25. The number of benzene rings is 1. The van der Waals surface area contributed by atoms with Gasteiger partial charge in [0.1, 0.15) is 0 Å². The van der Waals surface area contributed by atoms with Gasteiger partial charge in [0.25, 0.3) is 0 Å². The Labute approximate surface area is 98.4 Å². The Morgan fingerprint density at radius 3 is 2.38 bits per heavy atom. The second-order valence-corrected chi connectivity index (χ2v) is 4.78. The molecule has 0 atom stereocenters. The lowest BCUT2D eigenvalue weighted by atomic mass is 10.1. The Kier molecular flexibility index (Phi) is 3.70. The van der Waals surface area contributed by atoms with Crippen LogP contribution in [0.2, 0.25) is 0 Å². The topological polar surface area (TPSA) is 29.3 Å². The molecule has 16 heavy (non-hydrogen) atoms. The Morgan fingerprint density at radius 1 is 1.19 bits per heavy atom. The van der Waals surface area contributed by atoms with Crippen molar-refractivity contribution in [1.82, 2.24) is 0 Å². The zero-order chi connectivity index (χ0) is 11.4. The van der Waals surface area contributed by atoms with Gasteiger partial charge >= 0.3 is 0 Å². The van der Waals surface area contributed by atoms with Crippen molar-refractivity contribution in [3.8, 4) is 0 Å². The first-order valence-electron chi connectivity index (χ1n) is 6.40. The monoisotopic (exact) mass is 218 g/mol. The van der Waals surface area contributed by atoms with E-state index < -0.39 is 0 Å². The summed E-state index contributed by atoms with van der Waals surface area (Å²) >= 11 is 0. The van der Waals surface area contributed by atoms with E-state index in [2.05, 4.69) is 24.0 Å². The summed E-state index contributed by atoms with van der Waals surface area (Å²) in [6.07, 6.45) is 5.66. The summed E-state index contributed by atoms with van der Waals surface area (Å²) in [7, 11) is 0. The lowest BCUT2D eigenvalue weighted by Crippen LogP contribution is -2.28. The highest BCUT2D eigenvalue weighted by Crippen LogP contribution is 2.27. The van der Waals surface area contributed by atoms with Crippen molar-refractivity contribution in [2.24, 2.45) is 5.92 Å². The summed E-state index contributed by atoms with van der Waals surface area (Å²) in [5.74, 6) is 0.900. The molecule has 0 aliphatic heterocycles. The fraction of sp³-hybridized carbons (Fsp3) is 0.571. The molecule has 0 bridgehead atoms. The molecule has 0 heterocycles. The molecule has 88 valence electrons. The van der Waals surface area contributed by atoms with Crippen LogP contribution in [0, 0.1) is 5.92 Å². The summed E-state index contributed by atoms with van der Waals surface area (Å²) < 4.78 is 0. The van der Waals surface area contributed by atoms with E-state index >= 15 is 0 Å². The van der Waals surface area contributed by atoms with Gasteiger partial charge < -0.3 is 10.6 Å². The predicted molar refractivity (Wildman–Crippen MR) is 70.7 cm³/mol. The third-order valence-corrected chi connectivity index (χ3v) is 3.59. The van der Waals surface area contributed by atoms with Gasteiger partial charge in [-0.25, -0.2) is 0 Å². The molecular weight excluding hydrogens is 196 g/mol. The minimum absolute atomic E-state index is 0.848. The van der Waals surface area contributed by atoms with Crippen LogP contribution in [0.25, 0.3) is 0 Å². The van der Waals surface area contributed by atoms with Gasteiger partial charge in [-0.2, -0.15) is 0 Å². The summed E-state index contributed by atoms with van der Waals surface area (Å²) in [5, 5.41) is 0. The molecule has 0 saturated heterocycles. The molecule has 0 radical (unpaired) electrons. The normalized spacial score (nSPS) is 16.6. The van der Waals surface area contributed by atoms with Gasteiger partial charge in [-0.15, -0.1) is 0 Å². The molecule has 0 unspecified atom stereocenters. The minimum Gasteiger partial charge on any atom is -0.399 e. The third kappa shape index (κ3) is 2.69. The van der Waals surface area contributed by atoms with Crippen molar-refractivity contribution in [3.05, 3.63) is 24.3 Å². The number of nitrogen functional groups attached to an aromatic ring is 1. The maximum Gasteiger partial charge on any atom is 0.0367 e. The summed E-state index contributed by atoms with van der Waals surface area (Å²) in [4.78, 5) is 2.47. The van der Waals surface area contributed by atoms with Crippen LogP contribution >= 0.6 is 0 Å². The Morgan fingerprint density at radius 2 is 1.81 bits per heavy atom. The molecule has 1 aliphatic rings. The van der Waals surface area contributed by atoms with Crippen LogP contribution in [-0.4, -0.2) is 13.1 Å². The fourth-order valence-electron chi connectivity index (χ4n) is 2.61. The molecule has 2 heteroatoms. The largest absolute Gasteiger partial charge is 0.399 e. The highest BCUT2D eigenvalue weighted by molar-refractivity contribution is 5.53. The van der Waals surface area contributed by atoms with Crippen molar-refractivity contribution in [2.45, 2.75) is 32.6 Å². The number of nitrogens with zero attached hydrogens (tertiary/aromatic N) is 1. The van der Waals surface area contributed by atoms with Gasteiger partial charge in [-0.05, 0) is 49.9 Å². The average molecular weight is 218 g/mol. The van der Waals surface area contributed by atoms with Crippen LogP contribution in [0.5, 0.6) is 0 Å². The van der Waals surface area contributed by atoms with Crippen molar-refractivity contribution in [3.63, 3.8) is 0 Å². The van der Waals surface area contributed by atoms with Gasteiger partial charge in [-0.3, -0.25) is 0 Å². The lowest BCUT2D eigenvalue weighted by molar-refractivity contribution is 0.536. The van der Waals surface area contributed by atoms with E-state index in [1.807, 2.05) is 12.1 Å². The number of hydrogen-bond acceptors (Lipinski definition) is 2. The highest BCUT2D eigenvalue weighted by atomic mass is 15.1. The zero-order valence-electron chi connectivity index (χ0n) is 10.2. The minimum atomic E-state index is 0.848. The van der Waals surface area contributed by atoms with Gasteiger partial charge in [-0.1, -0.05) is 12.8 Å². The number of hydrogen-bond donors (Lipinski definition) is 1. The van der Waals surface area contributed by atoms with Crippen LogP contribution in [0.3, 0.4) is 0 Å². The van der Waals surface area contributed by atoms with E-state index in [-0.39, 0.29) is 0 Å². The molecular formula is C14H22N2. The first-order valence-corrected chi connectivity index (χ1v) is 6.40. The number of nitrogens with two attached hydrogens (primary N) is 1. The molecule has 2 rings (SSSR count). The summed E-state index contributed by atoms with van der Waals surface area (Å²) in [6.45, 7) is 4.52. The molecule has 2 N–H and O–H groups in total. The standard InChI is InChI=1S/C14H22N2/c1-2-16(11-12-5-3-4-6-12)14-9-7-13(15)8-10-14/h7-10,12H,2-6,11,15H2,1H3. The molecule has 2 nitrogen and oxygen atoms in total. The maximum atomic E-state index is 5.71. The van der Waals surface area contributed by atoms with Gasteiger partial charge in [0.2, 0.25) is 0 Å². The smallest absolute Gasteiger partial charge is 0.0367 e. The zero-order valence-corrected chi connectivity index (χ0v) is 10.2. The first-order chi connectivity index (χ1) is 7.79. The van der Waals surface area contributed by atoms with Crippen molar-refractivity contribution >= 4 is 11.4 Å². The van der Waals surface area contributed by atoms with Crippen molar-refractivity contribution in [1.29, 1.82) is 0 Å². The molecule has 0 aromatic heterocycles. The number of anilines is 2. The molecule has 1 aromatic carbocycles. The Bertz CT molecular complexity index is 312. The molecule has 0 spiro atoms. The van der Waals surface area contributed by atoms with Crippen molar-refractivity contribution in [2.75, 3.05) is 23.7 Å². The van der Waals surface area contributed by atoms with Crippen LogP contribution < -0.4 is 10.6 Å². The second-order valence-electron chi connectivity index (χ2n) is 4.78. The van der Waals surface area contributed by atoms with Crippen LogP contribution in [0.1, 0.15) is 32.6 Å². The predicted octanol–water partition coefficient (Wildman–Crippen LogP) is 3.29. The highest BCUT2D eigenvalue weighted by Gasteiger charge is 2.17. The first kappa shape index (κ1) is 11.3. The van der Waals surface area contributed by atoms with E-state index in [4.69, 9.17) is 5.73 Å². The van der Waals surface area contributed by atoms with Gasteiger partial charge in [0.05, 0.1) is 0 Å². The molecule has 1 aliphatic carbocycles. The SMILES string of the molecule is CCN(CC1CCCC1)c1ccc(N)cc1. The van der Waals surface area contributed by atoms with E-state index in [9.17, 15) is 0 Å². The molecule has 1 saturated carbocycles. The molecule has 1 fully saturated rings. The Balaban J connectivity index is 2.00. The maximum absolute atomic E-state index is 5.71. The van der Waals surface area contributed by atoms with Gasteiger partial charge in [0.15, 0.2) is 0 Å². The van der Waals surface area contributed by atoms with E-state index in [1.54, 1.807) is 0 Å². The van der Waals surface area contributed by atoms with Crippen LogP contribution in [-0.2, 0) is 0 Å². The fourth-order valence-corrected chi connectivity index (χ4v) is 2.61. The second kappa shape index (κ2) is 5.24. The third-order valence-electron chi connectivity index (χ3n) is 3.59. The molecule has 0 amide bonds. The Hall–Kier alpha value is -1.18. The van der Waals surface area contributed by atoms with E-state index in [0.29, 0.717) is 0 Å². The van der Waals surface area contributed by atoms with Crippen LogP contribution in [0.4, 0.5) is 11.4 Å². The number of rotatable bonds is 4. The van der Waals surface area contributed by atoms with Gasteiger partial charge in [0, 0.05) is 24.5 Å². The van der Waals surface area contributed by atoms with E-state index in [0.717, 1.165) is 18.2 Å². The summed E-state index contributed by atoms with van der Waals surface area (Å²) in [5.41, 5.74) is 7.87. The molecule has 1 aromatic rings. The average Bonchev–Trinajstić information content (AvgIpc) is 2.80. The quantitative estimate of drug-likeness (QED) is 0.786. The van der Waals surface area contributed by atoms with Crippen LogP contribution in [0.15, 0.2) is 24.3 Å². The van der Waals surface area contributed by atoms with E-state index in [1.165, 1.54) is 37.9 Å². The lowest BCUT2D eigenvalue weighted by Gasteiger charge is -2.26. The van der Waals surface area contributed by atoms with Crippen molar-refractivity contribution < 1.29 is 0 Å².